The van der Waals surface area contributed by atoms with Gasteiger partial charge in [0.15, 0.2) is 0 Å². The van der Waals surface area contributed by atoms with Crippen LogP contribution in [0.3, 0.4) is 0 Å². The van der Waals surface area contributed by atoms with Gasteiger partial charge < -0.3 is 15.2 Å². The number of hydrogen-bond donors (Lipinski definition) is 2. The average molecular weight is 288 g/mol. The second-order valence-corrected chi connectivity index (χ2v) is 3.93. The van der Waals surface area contributed by atoms with Crippen LogP contribution in [0.1, 0.15) is 29.8 Å². The number of ether oxygens (including phenoxy) is 1. The Labute approximate surface area is 124 Å². The van der Waals surface area contributed by atoms with E-state index in [9.17, 15) is 4.79 Å². The lowest BCUT2D eigenvalue weighted by molar-refractivity contribution is 0.0697. The first-order chi connectivity index (χ1) is 10.2. The number of aromatic carboxylic acids is 1. The monoisotopic (exact) mass is 288 g/mol. The van der Waals surface area contributed by atoms with Gasteiger partial charge in [-0.05, 0) is 37.4 Å². The van der Waals surface area contributed by atoms with Crippen LogP contribution in [0.2, 0.25) is 0 Å². The van der Waals surface area contributed by atoms with Gasteiger partial charge in [-0.3, -0.25) is 0 Å². The quantitative estimate of drug-likeness (QED) is 0.883. The first-order valence-corrected chi connectivity index (χ1v) is 6.80. The zero-order valence-corrected chi connectivity index (χ0v) is 12.5. The Hall–Kier alpha value is -2.40. The zero-order chi connectivity index (χ0) is 15.7. The standard InChI is InChI=1S/C14H14N2O3.C2H6/c1-15-9-11-3-2-8-16-13(11)19-12-6-4-10(5-7-12)14(17)18;1-2/h2-8,15H,9H2,1H3,(H,17,18);1-2H3. The van der Waals surface area contributed by atoms with Gasteiger partial charge in [-0.2, -0.15) is 0 Å². The molecule has 0 aliphatic carbocycles. The van der Waals surface area contributed by atoms with Crippen molar-refractivity contribution in [3.05, 3.63) is 53.7 Å². The summed E-state index contributed by atoms with van der Waals surface area (Å²) < 4.78 is 5.65. The number of hydrogen-bond acceptors (Lipinski definition) is 4. The molecule has 1 aromatic carbocycles. The fraction of sp³-hybridized carbons (Fsp3) is 0.250. The van der Waals surface area contributed by atoms with Gasteiger partial charge in [0.1, 0.15) is 5.75 Å². The summed E-state index contributed by atoms with van der Waals surface area (Å²) in [6.07, 6.45) is 1.65. The SMILES string of the molecule is CC.CNCc1cccnc1Oc1ccc(C(=O)O)cc1. The Kier molecular flexibility index (Phi) is 6.91. The van der Waals surface area contributed by atoms with Crippen molar-refractivity contribution in [2.45, 2.75) is 20.4 Å². The molecule has 0 saturated heterocycles. The van der Waals surface area contributed by atoms with E-state index in [-0.39, 0.29) is 5.56 Å². The lowest BCUT2D eigenvalue weighted by Gasteiger charge is -2.09. The van der Waals surface area contributed by atoms with Crippen molar-refractivity contribution >= 4 is 5.97 Å². The van der Waals surface area contributed by atoms with Gasteiger partial charge >= 0.3 is 5.97 Å². The van der Waals surface area contributed by atoms with Crippen LogP contribution >= 0.6 is 0 Å². The first kappa shape index (κ1) is 16.7. The van der Waals surface area contributed by atoms with Crippen LogP contribution in [0.15, 0.2) is 42.6 Å². The minimum absolute atomic E-state index is 0.226. The van der Waals surface area contributed by atoms with Crippen molar-refractivity contribution in [1.82, 2.24) is 10.3 Å². The number of benzene rings is 1. The molecule has 5 heteroatoms. The highest BCUT2D eigenvalue weighted by molar-refractivity contribution is 5.87. The molecule has 0 amide bonds. The second kappa shape index (κ2) is 8.71. The van der Waals surface area contributed by atoms with E-state index in [4.69, 9.17) is 9.84 Å². The Bertz CT molecular complexity index is 568. The molecule has 0 spiro atoms. The van der Waals surface area contributed by atoms with Crippen molar-refractivity contribution in [2.24, 2.45) is 0 Å². The first-order valence-electron chi connectivity index (χ1n) is 6.80. The van der Waals surface area contributed by atoms with Crippen molar-refractivity contribution in [3.8, 4) is 11.6 Å². The van der Waals surface area contributed by atoms with Crippen LogP contribution < -0.4 is 10.1 Å². The van der Waals surface area contributed by atoms with Crippen LogP contribution in [0.4, 0.5) is 0 Å². The number of nitrogens with zero attached hydrogens (tertiary/aromatic N) is 1. The molecule has 21 heavy (non-hydrogen) atoms. The van der Waals surface area contributed by atoms with Gasteiger partial charge in [-0.15, -0.1) is 0 Å². The Morgan fingerprint density at radius 2 is 1.90 bits per heavy atom. The summed E-state index contributed by atoms with van der Waals surface area (Å²) in [4.78, 5) is 14.9. The molecule has 1 heterocycles. The van der Waals surface area contributed by atoms with E-state index in [1.807, 2.05) is 33.0 Å². The molecule has 5 nitrogen and oxygen atoms in total. The number of rotatable bonds is 5. The molecule has 0 aliphatic heterocycles. The third-order valence-electron chi connectivity index (χ3n) is 2.53. The van der Waals surface area contributed by atoms with Crippen LogP contribution in [0.25, 0.3) is 0 Å². The predicted molar refractivity (Wildman–Crippen MR) is 81.8 cm³/mol. The van der Waals surface area contributed by atoms with E-state index >= 15 is 0 Å². The summed E-state index contributed by atoms with van der Waals surface area (Å²) >= 11 is 0. The van der Waals surface area contributed by atoms with E-state index in [1.165, 1.54) is 12.1 Å². The van der Waals surface area contributed by atoms with Crippen molar-refractivity contribution in [1.29, 1.82) is 0 Å². The normalized spacial score (nSPS) is 9.48. The highest BCUT2D eigenvalue weighted by Crippen LogP contribution is 2.23. The number of aromatic nitrogens is 1. The van der Waals surface area contributed by atoms with Crippen molar-refractivity contribution < 1.29 is 14.6 Å². The number of carboxylic acids is 1. The molecular formula is C16H20N2O3. The van der Waals surface area contributed by atoms with E-state index in [2.05, 4.69) is 10.3 Å². The number of pyridine rings is 1. The zero-order valence-electron chi connectivity index (χ0n) is 12.5. The largest absolute Gasteiger partial charge is 0.478 e. The molecule has 0 aliphatic rings. The molecule has 112 valence electrons. The van der Waals surface area contributed by atoms with Gasteiger partial charge in [0, 0.05) is 18.3 Å². The maximum absolute atomic E-state index is 10.7. The summed E-state index contributed by atoms with van der Waals surface area (Å²) in [7, 11) is 1.85. The molecule has 0 bridgehead atoms. The highest BCUT2D eigenvalue weighted by Gasteiger charge is 2.06. The molecule has 0 radical (unpaired) electrons. The van der Waals surface area contributed by atoms with Crippen LogP contribution in [-0.2, 0) is 6.54 Å². The van der Waals surface area contributed by atoms with Gasteiger partial charge in [0.2, 0.25) is 5.88 Å². The lowest BCUT2D eigenvalue weighted by Crippen LogP contribution is -2.07. The highest BCUT2D eigenvalue weighted by atomic mass is 16.5. The Morgan fingerprint density at radius 3 is 2.48 bits per heavy atom. The van der Waals surface area contributed by atoms with E-state index < -0.39 is 5.97 Å². The topological polar surface area (TPSA) is 71.5 Å². The molecule has 0 saturated carbocycles. The van der Waals surface area contributed by atoms with Crippen molar-refractivity contribution in [2.75, 3.05) is 7.05 Å². The third-order valence-corrected chi connectivity index (χ3v) is 2.53. The summed E-state index contributed by atoms with van der Waals surface area (Å²) in [5.74, 6) is 0.112. The molecular weight excluding hydrogens is 268 g/mol. The molecule has 0 unspecified atom stereocenters. The number of carboxylic acid groups (broad SMARTS) is 1. The van der Waals surface area contributed by atoms with Crippen LogP contribution in [-0.4, -0.2) is 23.1 Å². The lowest BCUT2D eigenvalue weighted by atomic mass is 10.2. The molecule has 2 rings (SSSR count). The van der Waals surface area contributed by atoms with Crippen LogP contribution in [0, 0.1) is 0 Å². The predicted octanol–water partition coefficient (Wildman–Crippen LogP) is 3.32. The fourth-order valence-corrected chi connectivity index (χ4v) is 1.62. The Balaban J connectivity index is 0.00000106. The van der Waals surface area contributed by atoms with Gasteiger partial charge in [-0.1, -0.05) is 19.9 Å². The fourth-order valence-electron chi connectivity index (χ4n) is 1.62. The van der Waals surface area contributed by atoms with Gasteiger partial charge in [-0.25, -0.2) is 9.78 Å². The molecule has 0 atom stereocenters. The number of nitrogens with one attached hydrogen (secondary N) is 1. The summed E-state index contributed by atoms with van der Waals surface area (Å²) in [5.41, 5.74) is 1.16. The number of carbonyl (C=O) groups is 1. The molecule has 2 aromatic rings. The van der Waals surface area contributed by atoms with E-state index in [0.717, 1.165) is 5.56 Å². The molecule has 1 aromatic heterocycles. The van der Waals surface area contributed by atoms with Crippen LogP contribution in [0.5, 0.6) is 11.6 Å². The maximum atomic E-state index is 10.7. The van der Waals surface area contributed by atoms with Gasteiger partial charge in [0.05, 0.1) is 5.56 Å². The van der Waals surface area contributed by atoms with E-state index in [1.54, 1.807) is 18.3 Å². The Morgan fingerprint density at radius 1 is 1.24 bits per heavy atom. The third kappa shape index (κ3) is 4.89. The van der Waals surface area contributed by atoms with E-state index in [0.29, 0.717) is 18.2 Å². The molecule has 0 fully saturated rings. The summed E-state index contributed by atoms with van der Waals surface area (Å²) in [6, 6.07) is 9.98. The minimum atomic E-state index is -0.958. The smallest absolute Gasteiger partial charge is 0.335 e. The average Bonchev–Trinajstić information content (AvgIpc) is 2.52. The maximum Gasteiger partial charge on any atom is 0.335 e. The van der Waals surface area contributed by atoms with Gasteiger partial charge in [0.25, 0.3) is 0 Å². The summed E-state index contributed by atoms with van der Waals surface area (Å²) in [6.45, 7) is 4.65. The summed E-state index contributed by atoms with van der Waals surface area (Å²) in [5, 5.41) is 11.9. The molecule has 2 N–H and O–H groups in total. The van der Waals surface area contributed by atoms with Crippen molar-refractivity contribution in [3.63, 3.8) is 0 Å². The minimum Gasteiger partial charge on any atom is -0.478 e. The second-order valence-electron chi connectivity index (χ2n) is 3.93.